The molecule has 30 heavy (non-hydrogen) atoms. The van der Waals surface area contributed by atoms with E-state index < -0.39 is 24.8 Å². The second-order valence-corrected chi connectivity index (χ2v) is 7.64. The number of rotatable bonds is 6. The van der Waals surface area contributed by atoms with E-state index in [0.29, 0.717) is 35.2 Å². The number of halogens is 4. The summed E-state index contributed by atoms with van der Waals surface area (Å²) in [4.78, 5) is 21.0. The number of fused-ring (bicyclic) bond motifs is 3. The number of nitrogens with zero attached hydrogens (tertiary/aromatic N) is 4. The molecular weight excluding hydrogens is 421 g/mol. The Hall–Kier alpha value is -2.81. The van der Waals surface area contributed by atoms with Crippen molar-refractivity contribution < 1.29 is 23.1 Å². The lowest BCUT2D eigenvalue weighted by Crippen LogP contribution is -2.43. The second-order valence-electron chi connectivity index (χ2n) is 7.21. The lowest BCUT2D eigenvalue weighted by molar-refractivity contribution is -0.137. The molecule has 0 fully saturated rings. The predicted octanol–water partition coefficient (Wildman–Crippen LogP) is 3.94. The van der Waals surface area contributed by atoms with Gasteiger partial charge < -0.3 is 14.6 Å². The molecule has 1 aliphatic rings. The van der Waals surface area contributed by atoms with Gasteiger partial charge in [0.05, 0.1) is 24.0 Å². The number of carbonyl (C=O) groups is 1. The van der Waals surface area contributed by atoms with E-state index in [2.05, 4.69) is 9.97 Å². The van der Waals surface area contributed by atoms with Crippen LogP contribution in [0.5, 0.6) is 0 Å². The number of hydrogen-bond donors (Lipinski definition) is 1. The molecule has 2 heterocycles. The zero-order valence-electron chi connectivity index (χ0n) is 15.7. The van der Waals surface area contributed by atoms with Gasteiger partial charge in [0.2, 0.25) is 5.95 Å². The van der Waals surface area contributed by atoms with Gasteiger partial charge in [0.15, 0.2) is 0 Å². The van der Waals surface area contributed by atoms with Crippen molar-refractivity contribution in [1.29, 1.82) is 0 Å². The fourth-order valence-corrected chi connectivity index (χ4v) is 4.28. The number of aliphatic carboxylic acids is 1. The maximum absolute atomic E-state index is 13.9. The molecule has 0 unspecified atom stereocenters. The van der Waals surface area contributed by atoms with Crippen molar-refractivity contribution in [3.63, 3.8) is 0 Å². The summed E-state index contributed by atoms with van der Waals surface area (Å²) in [5, 5.41) is 10.2. The molecule has 0 bridgehead atoms. The van der Waals surface area contributed by atoms with Crippen LogP contribution in [-0.4, -0.2) is 44.6 Å². The highest BCUT2D eigenvalue weighted by Crippen LogP contribution is 2.35. The van der Waals surface area contributed by atoms with Crippen LogP contribution < -0.4 is 4.90 Å². The van der Waals surface area contributed by atoms with Gasteiger partial charge in [0, 0.05) is 22.6 Å². The molecule has 0 aliphatic heterocycles. The van der Waals surface area contributed by atoms with Crippen molar-refractivity contribution in [3.8, 4) is 0 Å². The Balaban J connectivity index is 1.75. The third kappa shape index (κ3) is 3.94. The molecule has 1 aliphatic carbocycles. The number of hydrogen-bond acceptors (Lipinski definition) is 4. The fraction of sp³-hybridized carbons (Fsp3) is 0.350. The molecule has 4 rings (SSSR count). The van der Waals surface area contributed by atoms with E-state index in [1.807, 2.05) is 0 Å². The number of anilines is 1. The molecule has 0 saturated heterocycles. The first-order chi connectivity index (χ1) is 14.3. The zero-order valence-corrected chi connectivity index (χ0v) is 16.5. The van der Waals surface area contributed by atoms with Crippen LogP contribution in [0.4, 0.5) is 19.1 Å². The molecule has 6 nitrogen and oxygen atoms in total. The average Bonchev–Trinajstić information content (AvgIpc) is 2.99. The molecule has 2 aromatic heterocycles. The molecule has 1 atom stereocenters. The standard InChI is InChI=1S/C20H18ClF3N4O2/c21-11-7-25-20(26-8-11)27(9-18(23)24)13-2-4-17-15(6-13)14-5-12(22)1-3-16(14)28(17)10-19(29)30/h1,3,5,7-8,13,18H,2,4,6,9-10H2,(H,29,30)/t13-/m0/s1. The highest BCUT2D eigenvalue weighted by molar-refractivity contribution is 6.30. The Morgan fingerprint density at radius 3 is 2.73 bits per heavy atom. The lowest BCUT2D eigenvalue weighted by atomic mass is 9.90. The largest absolute Gasteiger partial charge is 0.480 e. The van der Waals surface area contributed by atoms with Crippen molar-refractivity contribution in [2.45, 2.75) is 38.3 Å². The summed E-state index contributed by atoms with van der Waals surface area (Å²) in [6.45, 7) is -0.799. The molecule has 10 heteroatoms. The Bertz CT molecular complexity index is 1090. The summed E-state index contributed by atoms with van der Waals surface area (Å²) in [7, 11) is 0. The van der Waals surface area contributed by atoms with Gasteiger partial charge in [-0.1, -0.05) is 11.6 Å². The van der Waals surface area contributed by atoms with Gasteiger partial charge in [0.25, 0.3) is 6.43 Å². The average molecular weight is 439 g/mol. The molecule has 158 valence electrons. The van der Waals surface area contributed by atoms with Crippen LogP contribution in [0.3, 0.4) is 0 Å². The summed E-state index contributed by atoms with van der Waals surface area (Å²) in [5.41, 5.74) is 2.19. The minimum absolute atomic E-state index is 0.147. The highest BCUT2D eigenvalue weighted by Gasteiger charge is 2.32. The summed E-state index contributed by atoms with van der Waals surface area (Å²) in [5.74, 6) is -1.30. The first-order valence-corrected chi connectivity index (χ1v) is 9.75. The van der Waals surface area contributed by atoms with Crippen molar-refractivity contribution in [2.75, 3.05) is 11.4 Å². The van der Waals surface area contributed by atoms with E-state index in [1.165, 1.54) is 29.4 Å². The number of benzene rings is 1. The lowest BCUT2D eigenvalue weighted by Gasteiger charge is -2.34. The summed E-state index contributed by atoms with van der Waals surface area (Å²) in [6.07, 6.45) is 1.42. The third-order valence-corrected chi connectivity index (χ3v) is 5.53. The van der Waals surface area contributed by atoms with Crippen molar-refractivity contribution in [1.82, 2.24) is 14.5 Å². The fourth-order valence-electron chi connectivity index (χ4n) is 4.18. The number of carboxylic acids is 1. The Morgan fingerprint density at radius 1 is 1.33 bits per heavy atom. The first kappa shape index (κ1) is 20.5. The van der Waals surface area contributed by atoms with E-state index >= 15 is 0 Å². The number of carboxylic acid groups (broad SMARTS) is 1. The molecule has 3 aromatic rings. The topological polar surface area (TPSA) is 71.2 Å². The summed E-state index contributed by atoms with van der Waals surface area (Å²) >= 11 is 5.82. The zero-order chi connectivity index (χ0) is 21.4. The van der Waals surface area contributed by atoms with E-state index in [1.54, 1.807) is 10.6 Å². The Labute approximate surface area is 174 Å². The maximum Gasteiger partial charge on any atom is 0.323 e. The van der Waals surface area contributed by atoms with E-state index in [-0.39, 0.29) is 18.5 Å². The molecule has 0 saturated carbocycles. The quantitative estimate of drug-likeness (QED) is 0.631. The van der Waals surface area contributed by atoms with Crippen molar-refractivity contribution in [2.24, 2.45) is 0 Å². The normalized spacial score (nSPS) is 16.1. The summed E-state index contributed by atoms with van der Waals surface area (Å²) in [6, 6.07) is 3.86. The SMILES string of the molecule is O=C(O)Cn1c2c(c3cc(F)ccc31)C[C@@H](N(CC(F)F)c1ncc(Cl)cn1)CC2. The minimum atomic E-state index is -2.60. The number of aromatic nitrogens is 3. The van der Waals surface area contributed by atoms with Crippen molar-refractivity contribution >= 4 is 34.4 Å². The van der Waals surface area contributed by atoms with Crippen LogP contribution in [0.1, 0.15) is 17.7 Å². The van der Waals surface area contributed by atoms with Crippen LogP contribution in [0.2, 0.25) is 5.02 Å². The molecule has 0 spiro atoms. The monoisotopic (exact) mass is 438 g/mol. The van der Waals surface area contributed by atoms with Gasteiger partial charge in [-0.05, 0) is 43.0 Å². The van der Waals surface area contributed by atoms with Gasteiger partial charge in [0.1, 0.15) is 12.4 Å². The van der Waals surface area contributed by atoms with E-state index in [4.69, 9.17) is 11.6 Å². The molecule has 0 radical (unpaired) electrons. The molecule has 0 amide bonds. The third-order valence-electron chi connectivity index (χ3n) is 5.34. The van der Waals surface area contributed by atoms with Gasteiger partial charge >= 0.3 is 5.97 Å². The van der Waals surface area contributed by atoms with E-state index in [0.717, 1.165) is 11.3 Å². The minimum Gasteiger partial charge on any atom is -0.480 e. The van der Waals surface area contributed by atoms with Crippen molar-refractivity contribution in [3.05, 3.63) is 52.7 Å². The summed E-state index contributed by atoms with van der Waals surface area (Å²) < 4.78 is 42.2. The van der Waals surface area contributed by atoms with Crippen LogP contribution in [0.15, 0.2) is 30.6 Å². The van der Waals surface area contributed by atoms with Gasteiger partial charge in [-0.25, -0.2) is 23.1 Å². The Morgan fingerprint density at radius 2 is 2.07 bits per heavy atom. The molecular formula is C20H18ClF3N4O2. The smallest absolute Gasteiger partial charge is 0.323 e. The van der Waals surface area contributed by atoms with Crippen LogP contribution in [0.25, 0.3) is 10.9 Å². The van der Waals surface area contributed by atoms with Crippen LogP contribution in [0, 0.1) is 5.82 Å². The maximum atomic E-state index is 13.9. The van der Waals surface area contributed by atoms with E-state index in [9.17, 15) is 23.1 Å². The van der Waals surface area contributed by atoms with Gasteiger partial charge in [-0.2, -0.15) is 0 Å². The van der Waals surface area contributed by atoms with Gasteiger partial charge in [-0.15, -0.1) is 0 Å². The van der Waals surface area contributed by atoms with Crippen LogP contribution >= 0.6 is 11.6 Å². The Kier molecular flexibility index (Phi) is 5.55. The predicted molar refractivity (Wildman–Crippen MR) is 106 cm³/mol. The second kappa shape index (κ2) is 8.14. The highest BCUT2D eigenvalue weighted by atomic mass is 35.5. The first-order valence-electron chi connectivity index (χ1n) is 9.37. The van der Waals surface area contributed by atoms with Crippen LogP contribution in [-0.2, 0) is 24.2 Å². The molecule has 1 N–H and O–H groups in total. The molecule has 1 aromatic carbocycles. The number of alkyl halides is 2. The van der Waals surface area contributed by atoms with Gasteiger partial charge in [-0.3, -0.25) is 4.79 Å².